The number of likely N-dealkylation sites (N-methyl/N-ethyl adjacent to an activating group) is 1. The van der Waals surface area contributed by atoms with Gasteiger partial charge in [0.25, 0.3) is 5.56 Å². The number of carbonyl (C=O) groups excluding carboxylic acids is 1. The van der Waals surface area contributed by atoms with Crippen molar-refractivity contribution in [2.75, 3.05) is 24.5 Å². The van der Waals surface area contributed by atoms with Gasteiger partial charge in [0.1, 0.15) is 6.54 Å². The van der Waals surface area contributed by atoms with Gasteiger partial charge in [0.15, 0.2) is 0 Å². The zero-order valence-corrected chi connectivity index (χ0v) is 16.6. The number of hydrogen-bond donors (Lipinski definition) is 1. The number of hydrogen-bond acceptors (Lipinski definition) is 4. The smallest absolute Gasteiger partial charge is 0.275 e. The van der Waals surface area contributed by atoms with Gasteiger partial charge in [-0.3, -0.25) is 9.59 Å². The van der Waals surface area contributed by atoms with E-state index in [4.69, 9.17) is 0 Å². The summed E-state index contributed by atoms with van der Waals surface area (Å²) in [6.45, 7) is 7.97. The first-order valence-corrected chi connectivity index (χ1v) is 9.54. The predicted octanol–water partition coefficient (Wildman–Crippen LogP) is 2.66. The second-order valence-corrected chi connectivity index (χ2v) is 6.86. The molecule has 0 saturated carbocycles. The minimum atomic E-state index is -0.244. The molecular formula is C22H26N4O2. The molecule has 146 valence electrons. The van der Waals surface area contributed by atoms with Gasteiger partial charge < -0.3 is 10.2 Å². The molecule has 0 unspecified atom stereocenters. The molecule has 0 atom stereocenters. The highest BCUT2D eigenvalue weighted by Crippen LogP contribution is 2.15. The fraction of sp³-hybridized carbons (Fsp3) is 0.318. The Morgan fingerprint density at radius 2 is 1.86 bits per heavy atom. The molecule has 1 amide bonds. The highest BCUT2D eigenvalue weighted by atomic mass is 16.2. The van der Waals surface area contributed by atoms with Crippen LogP contribution >= 0.6 is 0 Å². The van der Waals surface area contributed by atoms with Crippen LogP contribution in [0.5, 0.6) is 0 Å². The van der Waals surface area contributed by atoms with Crippen LogP contribution in [0.1, 0.15) is 18.2 Å². The molecule has 1 N–H and O–H groups in total. The molecule has 1 aromatic heterocycles. The van der Waals surface area contributed by atoms with E-state index < -0.39 is 0 Å². The van der Waals surface area contributed by atoms with E-state index in [-0.39, 0.29) is 18.0 Å². The van der Waals surface area contributed by atoms with Crippen LogP contribution in [0.2, 0.25) is 0 Å². The summed E-state index contributed by atoms with van der Waals surface area (Å²) in [5.41, 5.74) is 2.84. The van der Waals surface area contributed by atoms with Crippen LogP contribution in [0.15, 0.2) is 53.3 Å². The zero-order chi connectivity index (χ0) is 20.1. The van der Waals surface area contributed by atoms with E-state index in [1.54, 1.807) is 6.07 Å². The third kappa shape index (κ3) is 4.39. The molecule has 1 heterocycles. The molecule has 0 radical (unpaired) electrons. The van der Waals surface area contributed by atoms with E-state index in [0.717, 1.165) is 23.3 Å². The number of anilines is 1. The maximum absolute atomic E-state index is 12.6. The summed E-state index contributed by atoms with van der Waals surface area (Å²) in [7, 11) is 0. The van der Waals surface area contributed by atoms with Crippen LogP contribution in [-0.4, -0.2) is 35.3 Å². The van der Waals surface area contributed by atoms with Gasteiger partial charge in [-0.05, 0) is 44.5 Å². The molecule has 28 heavy (non-hydrogen) atoms. The van der Waals surface area contributed by atoms with Crippen molar-refractivity contribution in [2.24, 2.45) is 0 Å². The number of amides is 1. The van der Waals surface area contributed by atoms with Gasteiger partial charge in [0.05, 0.1) is 11.1 Å². The van der Waals surface area contributed by atoms with Crippen LogP contribution < -0.4 is 15.8 Å². The van der Waals surface area contributed by atoms with Crippen molar-refractivity contribution in [3.63, 3.8) is 0 Å². The van der Waals surface area contributed by atoms with Crippen molar-refractivity contribution in [1.82, 2.24) is 15.1 Å². The number of aromatic nitrogens is 2. The van der Waals surface area contributed by atoms with Gasteiger partial charge in [0.2, 0.25) is 5.91 Å². The minimum absolute atomic E-state index is 0.0823. The van der Waals surface area contributed by atoms with Crippen molar-refractivity contribution in [1.29, 1.82) is 0 Å². The van der Waals surface area contributed by atoms with Gasteiger partial charge in [-0.15, -0.1) is 0 Å². The Morgan fingerprint density at radius 1 is 1.11 bits per heavy atom. The average Bonchev–Trinajstić information content (AvgIpc) is 2.69. The van der Waals surface area contributed by atoms with Gasteiger partial charge in [-0.25, -0.2) is 4.68 Å². The summed E-state index contributed by atoms with van der Waals surface area (Å²) in [6, 6.07) is 15.6. The Morgan fingerprint density at radius 3 is 2.57 bits per heavy atom. The zero-order valence-electron chi connectivity index (χ0n) is 16.6. The Kier molecular flexibility index (Phi) is 6.09. The largest absolute Gasteiger partial charge is 0.370 e. The first kappa shape index (κ1) is 19.6. The van der Waals surface area contributed by atoms with Crippen LogP contribution in [0, 0.1) is 13.8 Å². The summed E-state index contributed by atoms with van der Waals surface area (Å²) >= 11 is 0. The third-order valence-corrected chi connectivity index (χ3v) is 4.80. The number of carbonyl (C=O) groups is 1. The van der Waals surface area contributed by atoms with Crippen LogP contribution in [-0.2, 0) is 11.3 Å². The second-order valence-electron chi connectivity index (χ2n) is 6.86. The Hall–Kier alpha value is -3.15. The number of nitrogens with zero attached hydrogens (tertiary/aromatic N) is 3. The van der Waals surface area contributed by atoms with E-state index in [0.29, 0.717) is 18.5 Å². The minimum Gasteiger partial charge on any atom is -0.370 e. The standard InChI is InChI=1S/C22H26N4O2/c1-4-25(18-9-7-8-16(2)14-18)13-12-23-21(27)15-26-22(28)20-11-6-5-10-19(20)17(3)24-26/h5-11,14H,4,12-13,15H2,1-3H3,(H,23,27). The quantitative estimate of drug-likeness (QED) is 0.686. The first-order valence-electron chi connectivity index (χ1n) is 9.54. The summed E-state index contributed by atoms with van der Waals surface area (Å²) < 4.78 is 1.24. The number of nitrogens with one attached hydrogen (secondary N) is 1. The van der Waals surface area contributed by atoms with Crippen LogP contribution in [0.25, 0.3) is 10.8 Å². The molecule has 3 rings (SSSR count). The van der Waals surface area contributed by atoms with Crippen LogP contribution in [0.4, 0.5) is 5.69 Å². The third-order valence-electron chi connectivity index (χ3n) is 4.80. The Balaban J connectivity index is 1.62. The second kappa shape index (κ2) is 8.69. The van der Waals surface area contributed by atoms with E-state index in [2.05, 4.69) is 47.4 Å². The molecule has 0 saturated heterocycles. The SMILES string of the molecule is CCN(CCNC(=O)Cn1nc(C)c2ccccc2c1=O)c1cccc(C)c1. The molecule has 0 aliphatic carbocycles. The summed E-state index contributed by atoms with van der Waals surface area (Å²) in [5, 5.41) is 8.59. The molecule has 3 aromatic rings. The van der Waals surface area contributed by atoms with Crippen molar-refractivity contribution in [2.45, 2.75) is 27.3 Å². The first-order chi connectivity index (χ1) is 13.5. The van der Waals surface area contributed by atoms with E-state index >= 15 is 0 Å². The highest BCUT2D eigenvalue weighted by Gasteiger charge is 2.11. The monoisotopic (exact) mass is 378 g/mol. The predicted molar refractivity (Wildman–Crippen MR) is 113 cm³/mol. The maximum Gasteiger partial charge on any atom is 0.275 e. The molecule has 2 aromatic carbocycles. The van der Waals surface area contributed by atoms with E-state index in [9.17, 15) is 9.59 Å². The lowest BCUT2D eigenvalue weighted by Crippen LogP contribution is -2.38. The van der Waals surface area contributed by atoms with Crippen molar-refractivity contribution < 1.29 is 4.79 Å². The number of benzene rings is 2. The lowest BCUT2D eigenvalue weighted by Gasteiger charge is -2.23. The Labute approximate surface area is 164 Å². The van der Waals surface area contributed by atoms with Crippen LogP contribution in [0.3, 0.4) is 0 Å². The molecule has 0 fully saturated rings. The van der Waals surface area contributed by atoms with Gasteiger partial charge in [-0.2, -0.15) is 5.10 Å². The van der Waals surface area contributed by atoms with Crippen molar-refractivity contribution in [3.8, 4) is 0 Å². The molecule has 0 aliphatic rings. The highest BCUT2D eigenvalue weighted by molar-refractivity contribution is 5.83. The fourth-order valence-electron chi connectivity index (χ4n) is 3.33. The average molecular weight is 378 g/mol. The van der Waals surface area contributed by atoms with Crippen molar-refractivity contribution in [3.05, 3.63) is 70.1 Å². The number of rotatable bonds is 7. The topological polar surface area (TPSA) is 67.2 Å². The summed E-state index contributed by atoms with van der Waals surface area (Å²) in [5.74, 6) is -0.218. The fourth-order valence-corrected chi connectivity index (χ4v) is 3.33. The van der Waals surface area contributed by atoms with Gasteiger partial charge >= 0.3 is 0 Å². The van der Waals surface area contributed by atoms with Gasteiger partial charge in [0, 0.05) is 30.7 Å². The van der Waals surface area contributed by atoms with Crippen molar-refractivity contribution >= 4 is 22.4 Å². The maximum atomic E-state index is 12.6. The summed E-state index contributed by atoms with van der Waals surface area (Å²) in [4.78, 5) is 27.1. The Bertz CT molecular complexity index is 1040. The lowest BCUT2D eigenvalue weighted by molar-refractivity contribution is -0.121. The van der Waals surface area contributed by atoms with E-state index in [1.165, 1.54) is 10.2 Å². The number of fused-ring (bicyclic) bond motifs is 1. The molecule has 6 nitrogen and oxygen atoms in total. The van der Waals surface area contributed by atoms with E-state index in [1.807, 2.05) is 31.2 Å². The normalized spacial score (nSPS) is 10.8. The molecular weight excluding hydrogens is 352 g/mol. The molecule has 0 aliphatic heterocycles. The molecule has 6 heteroatoms. The summed E-state index contributed by atoms with van der Waals surface area (Å²) in [6.07, 6.45) is 0. The lowest BCUT2D eigenvalue weighted by atomic mass is 10.1. The molecule has 0 spiro atoms. The van der Waals surface area contributed by atoms with Gasteiger partial charge in [-0.1, -0.05) is 30.3 Å². The molecule has 0 bridgehead atoms. The number of aryl methyl sites for hydroxylation is 2.